The third kappa shape index (κ3) is 5.21. The zero-order chi connectivity index (χ0) is 15.1. The number of hydrogen-bond acceptors (Lipinski definition) is 3. The number of rotatable bonds is 7. The molecule has 0 amide bonds. The first-order valence-corrected chi connectivity index (χ1v) is 7.31. The molecule has 2 aromatic carbocycles. The van der Waals surface area contributed by atoms with Crippen molar-refractivity contribution in [3.8, 4) is 5.75 Å². The molecular formula is C18H23NO2. The molecule has 0 unspecified atom stereocenters. The van der Waals surface area contributed by atoms with Crippen LogP contribution in [0.1, 0.15) is 30.5 Å². The van der Waals surface area contributed by atoms with Gasteiger partial charge in [-0.3, -0.25) is 0 Å². The summed E-state index contributed by atoms with van der Waals surface area (Å²) < 4.78 is 5.82. The van der Waals surface area contributed by atoms with Crippen molar-refractivity contribution in [2.45, 2.75) is 39.6 Å². The minimum atomic E-state index is 0.0754. The summed E-state index contributed by atoms with van der Waals surface area (Å²) in [5.74, 6) is 0.879. The van der Waals surface area contributed by atoms with Gasteiger partial charge in [0.05, 0.1) is 6.61 Å². The highest BCUT2D eigenvalue weighted by molar-refractivity contribution is 5.29. The molecule has 0 radical (unpaired) electrons. The third-order valence-corrected chi connectivity index (χ3v) is 3.22. The lowest BCUT2D eigenvalue weighted by Gasteiger charge is -2.11. The van der Waals surface area contributed by atoms with Crippen LogP contribution in [0, 0.1) is 0 Å². The quantitative estimate of drug-likeness (QED) is 0.820. The highest BCUT2D eigenvalue weighted by atomic mass is 16.5. The summed E-state index contributed by atoms with van der Waals surface area (Å²) >= 11 is 0. The van der Waals surface area contributed by atoms with Crippen molar-refractivity contribution >= 4 is 0 Å². The summed E-state index contributed by atoms with van der Waals surface area (Å²) in [4.78, 5) is 0. The van der Waals surface area contributed by atoms with Gasteiger partial charge in [0, 0.05) is 12.6 Å². The van der Waals surface area contributed by atoms with Gasteiger partial charge in [0.25, 0.3) is 0 Å². The van der Waals surface area contributed by atoms with Crippen LogP contribution in [-0.4, -0.2) is 11.1 Å². The van der Waals surface area contributed by atoms with E-state index in [9.17, 15) is 0 Å². The van der Waals surface area contributed by atoms with Gasteiger partial charge in [-0.25, -0.2) is 0 Å². The van der Waals surface area contributed by atoms with Crippen LogP contribution in [0.4, 0.5) is 0 Å². The third-order valence-electron chi connectivity index (χ3n) is 3.22. The second kappa shape index (κ2) is 7.81. The van der Waals surface area contributed by atoms with Crippen LogP contribution in [0.15, 0.2) is 48.5 Å². The van der Waals surface area contributed by atoms with Gasteiger partial charge in [-0.2, -0.15) is 0 Å². The van der Waals surface area contributed by atoms with Gasteiger partial charge in [0.1, 0.15) is 12.4 Å². The number of benzene rings is 2. The molecule has 0 aliphatic rings. The second-order valence-corrected chi connectivity index (χ2v) is 5.45. The van der Waals surface area contributed by atoms with E-state index in [0.29, 0.717) is 12.6 Å². The Morgan fingerprint density at radius 1 is 1.00 bits per heavy atom. The number of hydrogen-bond donors (Lipinski definition) is 2. The van der Waals surface area contributed by atoms with E-state index in [0.717, 1.165) is 23.4 Å². The van der Waals surface area contributed by atoms with Crippen molar-refractivity contribution in [3.63, 3.8) is 0 Å². The number of nitrogens with one attached hydrogen (secondary N) is 1. The molecule has 3 nitrogen and oxygen atoms in total. The number of ether oxygens (including phenoxy) is 1. The van der Waals surface area contributed by atoms with Gasteiger partial charge < -0.3 is 15.2 Å². The average Bonchev–Trinajstić information content (AvgIpc) is 2.52. The maximum absolute atomic E-state index is 9.02. The van der Waals surface area contributed by atoms with Crippen LogP contribution in [-0.2, 0) is 19.8 Å². The Balaban J connectivity index is 1.91. The molecule has 0 heterocycles. The molecule has 2 N–H and O–H groups in total. The predicted molar refractivity (Wildman–Crippen MR) is 85.1 cm³/mol. The molecule has 0 fully saturated rings. The van der Waals surface area contributed by atoms with E-state index in [-0.39, 0.29) is 6.61 Å². The van der Waals surface area contributed by atoms with Crippen LogP contribution in [0.2, 0.25) is 0 Å². The van der Waals surface area contributed by atoms with E-state index in [4.69, 9.17) is 9.84 Å². The highest BCUT2D eigenvalue weighted by Gasteiger charge is 2.00. The van der Waals surface area contributed by atoms with Crippen LogP contribution >= 0.6 is 0 Å². The van der Waals surface area contributed by atoms with Crippen molar-refractivity contribution in [1.29, 1.82) is 0 Å². The Morgan fingerprint density at radius 2 is 1.71 bits per heavy atom. The Bertz CT molecular complexity index is 549. The first-order chi connectivity index (χ1) is 10.2. The summed E-state index contributed by atoms with van der Waals surface area (Å²) in [7, 11) is 0. The molecule has 0 atom stereocenters. The molecular weight excluding hydrogens is 262 g/mol. The Morgan fingerprint density at radius 3 is 2.38 bits per heavy atom. The monoisotopic (exact) mass is 285 g/mol. The smallest absolute Gasteiger partial charge is 0.120 e. The summed E-state index contributed by atoms with van der Waals surface area (Å²) in [6.07, 6.45) is 0. The molecule has 0 aliphatic carbocycles. The van der Waals surface area contributed by atoms with Gasteiger partial charge >= 0.3 is 0 Å². The summed E-state index contributed by atoms with van der Waals surface area (Å²) in [6.45, 7) is 5.73. The zero-order valence-corrected chi connectivity index (χ0v) is 12.7. The molecule has 2 rings (SSSR count). The lowest BCUT2D eigenvalue weighted by Crippen LogP contribution is -2.21. The minimum absolute atomic E-state index is 0.0754. The van der Waals surface area contributed by atoms with E-state index < -0.39 is 0 Å². The topological polar surface area (TPSA) is 41.5 Å². The largest absolute Gasteiger partial charge is 0.489 e. The number of aliphatic hydroxyl groups is 1. The molecule has 0 spiro atoms. The second-order valence-electron chi connectivity index (χ2n) is 5.45. The first-order valence-electron chi connectivity index (χ1n) is 7.31. The predicted octanol–water partition coefficient (Wildman–Crippen LogP) is 3.26. The summed E-state index contributed by atoms with van der Waals surface area (Å²) in [5.41, 5.74) is 3.23. The first kappa shape index (κ1) is 15.5. The Labute approximate surface area is 126 Å². The molecule has 0 bridgehead atoms. The summed E-state index contributed by atoms with van der Waals surface area (Å²) in [6, 6.07) is 16.4. The highest BCUT2D eigenvalue weighted by Crippen LogP contribution is 2.15. The van der Waals surface area contributed by atoms with Crippen molar-refractivity contribution in [1.82, 2.24) is 5.32 Å². The standard InChI is InChI=1S/C18H23NO2/c1-14(2)19-11-17-4-3-5-18(10-17)21-13-16-8-6-15(12-20)7-9-16/h3-10,14,19-20H,11-13H2,1-2H3. The average molecular weight is 285 g/mol. The minimum Gasteiger partial charge on any atom is -0.489 e. The van der Waals surface area contributed by atoms with Crippen LogP contribution < -0.4 is 10.1 Å². The zero-order valence-electron chi connectivity index (χ0n) is 12.7. The molecule has 21 heavy (non-hydrogen) atoms. The van der Waals surface area contributed by atoms with Gasteiger partial charge in [0.2, 0.25) is 0 Å². The molecule has 3 heteroatoms. The molecule has 0 saturated heterocycles. The Hall–Kier alpha value is -1.84. The van der Waals surface area contributed by atoms with E-state index >= 15 is 0 Å². The fraction of sp³-hybridized carbons (Fsp3) is 0.333. The lowest BCUT2D eigenvalue weighted by atomic mass is 10.1. The molecule has 0 aromatic heterocycles. The van der Waals surface area contributed by atoms with Crippen molar-refractivity contribution in [2.24, 2.45) is 0 Å². The maximum atomic E-state index is 9.02. The van der Waals surface area contributed by atoms with Gasteiger partial charge in [-0.1, -0.05) is 50.2 Å². The molecule has 0 saturated carbocycles. The van der Waals surface area contributed by atoms with Gasteiger partial charge in [-0.15, -0.1) is 0 Å². The normalized spacial score (nSPS) is 10.9. The van der Waals surface area contributed by atoms with E-state index in [1.165, 1.54) is 5.56 Å². The SMILES string of the molecule is CC(C)NCc1cccc(OCc2ccc(CO)cc2)c1. The van der Waals surface area contributed by atoms with Crippen molar-refractivity contribution < 1.29 is 9.84 Å². The summed E-state index contributed by atoms with van der Waals surface area (Å²) in [5, 5.41) is 12.4. The van der Waals surface area contributed by atoms with E-state index in [2.05, 4.69) is 31.3 Å². The molecule has 2 aromatic rings. The molecule has 0 aliphatic heterocycles. The van der Waals surface area contributed by atoms with Gasteiger partial charge in [0.15, 0.2) is 0 Å². The fourth-order valence-corrected chi connectivity index (χ4v) is 1.97. The van der Waals surface area contributed by atoms with Crippen LogP contribution in [0.5, 0.6) is 5.75 Å². The van der Waals surface area contributed by atoms with Gasteiger partial charge in [-0.05, 0) is 28.8 Å². The fourth-order valence-electron chi connectivity index (χ4n) is 1.97. The lowest BCUT2D eigenvalue weighted by molar-refractivity contribution is 0.281. The van der Waals surface area contributed by atoms with Crippen LogP contribution in [0.25, 0.3) is 0 Å². The van der Waals surface area contributed by atoms with Crippen molar-refractivity contribution in [3.05, 3.63) is 65.2 Å². The van der Waals surface area contributed by atoms with Crippen LogP contribution in [0.3, 0.4) is 0 Å². The number of aliphatic hydroxyl groups excluding tert-OH is 1. The molecule has 112 valence electrons. The van der Waals surface area contributed by atoms with E-state index in [1.807, 2.05) is 36.4 Å². The maximum Gasteiger partial charge on any atom is 0.120 e. The van der Waals surface area contributed by atoms with Crippen molar-refractivity contribution in [2.75, 3.05) is 0 Å². The van der Waals surface area contributed by atoms with E-state index in [1.54, 1.807) is 0 Å². The Kier molecular flexibility index (Phi) is 5.78.